The molecular formula is C14H29N3O2. The lowest BCUT2D eigenvalue weighted by Crippen LogP contribution is -2.61. The smallest absolute Gasteiger partial charge is 0.402 e. The minimum atomic E-state index is -1.33. The van der Waals surface area contributed by atoms with E-state index < -0.39 is 6.09 Å². The van der Waals surface area contributed by atoms with Gasteiger partial charge in [0.1, 0.15) is 0 Å². The zero-order valence-electron chi connectivity index (χ0n) is 11.8. The number of carboxylic acid groups (broad SMARTS) is 1. The molecular weight excluding hydrogens is 242 g/mol. The Balaban J connectivity index is 0.000000399. The standard InChI is InChI=1S/C13H26N2.CH3NO2/c14-13(15,11-7-3-1-4-8-11)12-9-5-2-6-10-12;2-1(3)4/h11-12H,1-10,14-15H2;2H2,(H,3,4). The van der Waals surface area contributed by atoms with Crippen LogP contribution < -0.4 is 17.2 Å². The Bertz CT molecular complexity index is 246. The van der Waals surface area contributed by atoms with Gasteiger partial charge < -0.3 is 22.3 Å². The molecule has 2 saturated carbocycles. The number of rotatable bonds is 2. The number of primary amides is 1. The van der Waals surface area contributed by atoms with Crippen LogP contribution in [0.1, 0.15) is 64.2 Å². The molecule has 2 fully saturated rings. The number of amides is 1. The molecule has 2 rings (SSSR count). The SMILES string of the molecule is NC(=O)O.NC(N)(C1CCCCC1)C1CCCCC1. The summed E-state index contributed by atoms with van der Waals surface area (Å²) in [5.74, 6) is 1.18. The third kappa shape index (κ3) is 5.37. The van der Waals surface area contributed by atoms with Gasteiger partial charge in [-0.2, -0.15) is 0 Å². The van der Waals surface area contributed by atoms with Crippen LogP contribution in [0.5, 0.6) is 0 Å². The maximum absolute atomic E-state index is 8.78. The van der Waals surface area contributed by atoms with E-state index in [2.05, 4.69) is 5.73 Å². The Labute approximate surface area is 115 Å². The first-order valence-corrected chi connectivity index (χ1v) is 7.50. The molecule has 19 heavy (non-hydrogen) atoms. The van der Waals surface area contributed by atoms with E-state index in [0.29, 0.717) is 11.8 Å². The molecule has 0 aliphatic heterocycles. The molecule has 2 aliphatic carbocycles. The van der Waals surface area contributed by atoms with Gasteiger partial charge in [-0.05, 0) is 37.5 Å². The van der Waals surface area contributed by atoms with Gasteiger partial charge in [0.05, 0.1) is 5.66 Å². The topological polar surface area (TPSA) is 115 Å². The Morgan fingerprint density at radius 3 is 1.37 bits per heavy atom. The summed E-state index contributed by atoms with van der Waals surface area (Å²) >= 11 is 0. The molecule has 112 valence electrons. The van der Waals surface area contributed by atoms with Gasteiger partial charge in [0.25, 0.3) is 0 Å². The van der Waals surface area contributed by atoms with Gasteiger partial charge >= 0.3 is 6.09 Å². The van der Waals surface area contributed by atoms with E-state index in [9.17, 15) is 0 Å². The summed E-state index contributed by atoms with van der Waals surface area (Å²) in [6.45, 7) is 0. The molecule has 0 saturated heterocycles. The first-order valence-electron chi connectivity index (χ1n) is 7.50. The molecule has 1 amide bonds. The van der Waals surface area contributed by atoms with Crippen LogP contribution in [-0.2, 0) is 0 Å². The third-order valence-electron chi connectivity index (χ3n) is 4.62. The van der Waals surface area contributed by atoms with Crippen molar-refractivity contribution in [1.29, 1.82) is 0 Å². The van der Waals surface area contributed by atoms with Gasteiger partial charge in [-0.25, -0.2) is 4.79 Å². The molecule has 0 aromatic carbocycles. The Morgan fingerprint density at radius 1 is 0.842 bits per heavy atom. The highest BCUT2D eigenvalue weighted by molar-refractivity contribution is 5.61. The van der Waals surface area contributed by atoms with Crippen molar-refractivity contribution in [1.82, 2.24) is 0 Å². The average molecular weight is 271 g/mol. The fourth-order valence-electron chi connectivity index (χ4n) is 3.54. The lowest BCUT2D eigenvalue weighted by Gasteiger charge is -2.44. The van der Waals surface area contributed by atoms with Crippen LogP contribution in [0.3, 0.4) is 0 Å². The zero-order valence-corrected chi connectivity index (χ0v) is 11.8. The van der Waals surface area contributed by atoms with E-state index in [0.717, 1.165) is 0 Å². The molecule has 0 unspecified atom stereocenters. The quantitative estimate of drug-likeness (QED) is 0.577. The maximum atomic E-state index is 8.78. The van der Waals surface area contributed by atoms with Crippen LogP contribution in [0.2, 0.25) is 0 Å². The highest BCUT2D eigenvalue weighted by atomic mass is 16.4. The van der Waals surface area contributed by atoms with Crippen LogP contribution in [0.4, 0.5) is 4.79 Å². The Morgan fingerprint density at radius 2 is 1.11 bits per heavy atom. The van der Waals surface area contributed by atoms with E-state index in [1.165, 1.54) is 64.2 Å². The van der Waals surface area contributed by atoms with E-state index >= 15 is 0 Å². The van der Waals surface area contributed by atoms with E-state index in [1.807, 2.05) is 0 Å². The molecule has 0 atom stereocenters. The molecule has 5 nitrogen and oxygen atoms in total. The van der Waals surface area contributed by atoms with Gasteiger partial charge in [-0.3, -0.25) is 0 Å². The second kappa shape index (κ2) is 7.70. The van der Waals surface area contributed by atoms with E-state index in [1.54, 1.807) is 0 Å². The maximum Gasteiger partial charge on any atom is 0.402 e. The van der Waals surface area contributed by atoms with Gasteiger partial charge in [0.2, 0.25) is 0 Å². The van der Waals surface area contributed by atoms with Crippen LogP contribution >= 0.6 is 0 Å². The van der Waals surface area contributed by atoms with Crippen molar-refractivity contribution in [2.24, 2.45) is 29.0 Å². The normalized spacial score (nSPS) is 22.4. The van der Waals surface area contributed by atoms with Crippen molar-refractivity contribution in [2.75, 3.05) is 0 Å². The first kappa shape index (κ1) is 16.2. The summed E-state index contributed by atoms with van der Waals surface area (Å²) in [5.41, 5.74) is 16.6. The van der Waals surface area contributed by atoms with Crippen molar-refractivity contribution in [3.8, 4) is 0 Å². The molecule has 0 heterocycles. The van der Waals surface area contributed by atoms with Gasteiger partial charge in [0.15, 0.2) is 0 Å². The lowest BCUT2D eigenvalue weighted by atomic mass is 9.70. The fraction of sp³-hybridized carbons (Fsp3) is 0.929. The summed E-state index contributed by atoms with van der Waals surface area (Å²) in [4.78, 5) is 8.78. The molecule has 0 bridgehead atoms. The number of hydrogen-bond donors (Lipinski definition) is 4. The molecule has 0 aromatic heterocycles. The summed E-state index contributed by atoms with van der Waals surface area (Å²) in [7, 11) is 0. The first-order chi connectivity index (χ1) is 8.94. The highest BCUT2D eigenvalue weighted by Gasteiger charge is 2.39. The molecule has 0 spiro atoms. The summed E-state index contributed by atoms with van der Waals surface area (Å²) < 4.78 is 0. The Hall–Kier alpha value is -0.810. The van der Waals surface area contributed by atoms with Crippen molar-refractivity contribution >= 4 is 6.09 Å². The van der Waals surface area contributed by atoms with Gasteiger partial charge in [-0.1, -0.05) is 38.5 Å². The average Bonchev–Trinajstić information content (AvgIpc) is 2.40. The van der Waals surface area contributed by atoms with Crippen LogP contribution in [0, 0.1) is 11.8 Å². The summed E-state index contributed by atoms with van der Waals surface area (Å²) in [5, 5.41) is 7.19. The minimum absolute atomic E-state index is 0.360. The van der Waals surface area contributed by atoms with Crippen LogP contribution in [0.15, 0.2) is 0 Å². The highest BCUT2D eigenvalue weighted by Crippen LogP contribution is 2.38. The van der Waals surface area contributed by atoms with Gasteiger partial charge in [0, 0.05) is 0 Å². The van der Waals surface area contributed by atoms with Crippen LogP contribution in [-0.4, -0.2) is 16.9 Å². The molecule has 2 aliphatic rings. The van der Waals surface area contributed by atoms with Crippen molar-refractivity contribution in [3.05, 3.63) is 0 Å². The van der Waals surface area contributed by atoms with Crippen LogP contribution in [0.25, 0.3) is 0 Å². The van der Waals surface area contributed by atoms with E-state index in [4.69, 9.17) is 21.4 Å². The summed E-state index contributed by atoms with van der Waals surface area (Å²) in [6.07, 6.45) is 11.9. The molecule has 5 heteroatoms. The second-order valence-corrected chi connectivity index (χ2v) is 6.01. The predicted molar refractivity (Wildman–Crippen MR) is 76.5 cm³/mol. The monoisotopic (exact) mass is 271 g/mol. The third-order valence-corrected chi connectivity index (χ3v) is 4.62. The fourth-order valence-corrected chi connectivity index (χ4v) is 3.54. The Kier molecular flexibility index (Phi) is 6.58. The molecule has 0 radical (unpaired) electrons. The summed E-state index contributed by atoms with van der Waals surface area (Å²) in [6, 6.07) is 0. The molecule has 7 N–H and O–H groups in total. The minimum Gasteiger partial charge on any atom is -0.465 e. The van der Waals surface area contributed by atoms with Crippen molar-refractivity contribution in [3.63, 3.8) is 0 Å². The number of nitrogens with two attached hydrogens (primary N) is 3. The van der Waals surface area contributed by atoms with Crippen molar-refractivity contribution < 1.29 is 9.90 Å². The zero-order chi connectivity index (χ0) is 14.3. The van der Waals surface area contributed by atoms with Crippen molar-refractivity contribution in [2.45, 2.75) is 69.9 Å². The number of carbonyl (C=O) groups is 1. The van der Waals surface area contributed by atoms with E-state index in [-0.39, 0.29) is 5.66 Å². The second-order valence-electron chi connectivity index (χ2n) is 6.01. The molecule has 0 aromatic rings. The number of hydrogen-bond acceptors (Lipinski definition) is 3. The predicted octanol–water partition coefficient (Wildman–Crippen LogP) is 2.38. The largest absolute Gasteiger partial charge is 0.465 e. The van der Waals surface area contributed by atoms with Gasteiger partial charge in [-0.15, -0.1) is 0 Å². The lowest BCUT2D eigenvalue weighted by molar-refractivity contribution is 0.111.